The maximum Gasteiger partial charge on any atom is 0.263 e. The Morgan fingerprint density at radius 2 is 1.75 bits per heavy atom. The summed E-state index contributed by atoms with van der Waals surface area (Å²) in [6, 6.07) is 17.5. The first kappa shape index (κ1) is 19.8. The number of nitrogens with one attached hydrogen (secondary N) is 2. The van der Waals surface area contributed by atoms with Crippen molar-refractivity contribution in [1.82, 2.24) is 10.3 Å². The third kappa shape index (κ3) is 5.04. The van der Waals surface area contributed by atoms with Gasteiger partial charge < -0.3 is 10.6 Å². The number of para-hydroxylation sites is 1. The summed E-state index contributed by atoms with van der Waals surface area (Å²) in [6.45, 7) is 4.30. The standard InChI is InChI=1S/C22H23N3O2S/c1-3-17-11-7-8-12-18(17)25-19(26)13-20-24-15(2)21(28-20)22(27)23-14-16-9-5-4-6-10-16/h4-12H,3,13-14H2,1-2H3,(H,23,27)(H,25,26). The van der Waals surface area contributed by atoms with Crippen LogP contribution in [0.5, 0.6) is 0 Å². The van der Waals surface area contributed by atoms with Gasteiger partial charge in [0.1, 0.15) is 9.88 Å². The fraction of sp³-hybridized carbons (Fsp3) is 0.227. The lowest BCUT2D eigenvalue weighted by atomic mass is 10.1. The first-order valence-corrected chi connectivity index (χ1v) is 10.0. The second-order valence-electron chi connectivity index (χ2n) is 6.43. The number of thiazole rings is 1. The number of hydrogen-bond donors (Lipinski definition) is 2. The molecule has 3 rings (SSSR count). The van der Waals surface area contributed by atoms with Crippen molar-refractivity contribution in [3.63, 3.8) is 0 Å². The molecule has 0 unspecified atom stereocenters. The van der Waals surface area contributed by atoms with Gasteiger partial charge in [-0.05, 0) is 30.5 Å². The highest BCUT2D eigenvalue weighted by Gasteiger charge is 2.17. The molecule has 2 N–H and O–H groups in total. The molecule has 0 aliphatic rings. The van der Waals surface area contributed by atoms with Crippen molar-refractivity contribution in [2.75, 3.05) is 5.32 Å². The zero-order valence-corrected chi connectivity index (χ0v) is 16.8. The summed E-state index contributed by atoms with van der Waals surface area (Å²) in [5, 5.41) is 6.48. The summed E-state index contributed by atoms with van der Waals surface area (Å²) >= 11 is 1.27. The highest BCUT2D eigenvalue weighted by Crippen LogP contribution is 2.20. The Balaban J connectivity index is 1.61. The molecule has 0 fully saturated rings. The molecule has 2 aromatic carbocycles. The smallest absolute Gasteiger partial charge is 0.263 e. The van der Waals surface area contributed by atoms with Crippen molar-refractivity contribution >= 4 is 28.8 Å². The van der Waals surface area contributed by atoms with E-state index in [4.69, 9.17) is 0 Å². The van der Waals surface area contributed by atoms with Gasteiger partial charge in [-0.15, -0.1) is 11.3 Å². The molecule has 5 nitrogen and oxygen atoms in total. The highest BCUT2D eigenvalue weighted by atomic mass is 32.1. The van der Waals surface area contributed by atoms with Gasteiger partial charge in [0.25, 0.3) is 5.91 Å². The molecule has 0 aliphatic heterocycles. The Morgan fingerprint density at radius 3 is 2.50 bits per heavy atom. The number of nitrogens with zero attached hydrogens (tertiary/aromatic N) is 1. The van der Waals surface area contributed by atoms with Crippen LogP contribution in [0.1, 0.15) is 38.4 Å². The van der Waals surface area contributed by atoms with E-state index >= 15 is 0 Å². The molecule has 2 amide bonds. The van der Waals surface area contributed by atoms with E-state index in [0.717, 1.165) is 23.2 Å². The van der Waals surface area contributed by atoms with E-state index in [-0.39, 0.29) is 18.2 Å². The number of amides is 2. The van der Waals surface area contributed by atoms with Gasteiger partial charge in [0.2, 0.25) is 5.91 Å². The molecule has 0 aliphatic carbocycles. The Hall–Kier alpha value is -2.99. The van der Waals surface area contributed by atoms with Crippen LogP contribution in [0.4, 0.5) is 5.69 Å². The van der Waals surface area contributed by atoms with Gasteiger partial charge in [0.15, 0.2) is 0 Å². The van der Waals surface area contributed by atoms with Gasteiger partial charge in [-0.2, -0.15) is 0 Å². The number of benzene rings is 2. The van der Waals surface area contributed by atoms with Gasteiger partial charge in [-0.3, -0.25) is 9.59 Å². The van der Waals surface area contributed by atoms with E-state index in [9.17, 15) is 9.59 Å². The van der Waals surface area contributed by atoms with Crippen molar-refractivity contribution < 1.29 is 9.59 Å². The largest absolute Gasteiger partial charge is 0.347 e. The lowest BCUT2D eigenvalue weighted by molar-refractivity contribution is -0.115. The molecular formula is C22H23N3O2S. The normalized spacial score (nSPS) is 10.5. The molecule has 0 radical (unpaired) electrons. The Labute approximate surface area is 168 Å². The van der Waals surface area contributed by atoms with Crippen LogP contribution < -0.4 is 10.6 Å². The van der Waals surface area contributed by atoms with E-state index in [1.54, 1.807) is 6.92 Å². The average Bonchev–Trinajstić information content (AvgIpc) is 3.07. The fourth-order valence-electron chi connectivity index (χ4n) is 2.88. The number of hydrogen-bond acceptors (Lipinski definition) is 4. The predicted molar refractivity (Wildman–Crippen MR) is 113 cm³/mol. The van der Waals surface area contributed by atoms with Crippen LogP contribution in [0, 0.1) is 6.92 Å². The molecule has 6 heteroatoms. The Kier molecular flexibility index (Phi) is 6.55. The lowest BCUT2D eigenvalue weighted by Gasteiger charge is -2.08. The molecule has 0 atom stereocenters. The summed E-state index contributed by atoms with van der Waals surface area (Å²) < 4.78 is 0. The molecule has 28 heavy (non-hydrogen) atoms. The third-order valence-electron chi connectivity index (χ3n) is 4.33. The summed E-state index contributed by atoms with van der Waals surface area (Å²) in [4.78, 5) is 29.8. The van der Waals surface area contributed by atoms with Gasteiger partial charge in [0.05, 0.1) is 12.1 Å². The maximum absolute atomic E-state index is 12.5. The molecule has 0 spiro atoms. The third-order valence-corrected chi connectivity index (χ3v) is 5.48. The fourth-order valence-corrected chi connectivity index (χ4v) is 3.86. The predicted octanol–water partition coefficient (Wildman–Crippen LogP) is 4.13. The average molecular weight is 394 g/mol. The minimum absolute atomic E-state index is 0.133. The zero-order valence-electron chi connectivity index (χ0n) is 16.0. The monoisotopic (exact) mass is 393 g/mol. The van der Waals surface area contributed by atoms with Crippen molar-refractivity contribution in [2.45, 2.75) is 33.2 Å². The second-order valence-corrected chi connectivity index (χ2v) is 7.51. The molecule has 0 saturated heterocycles. The number of aromatic nitrogens is 1. The van der Waals surface area contributed by atoms with Crippen molar-refractivity contribution in [3.8, 4) is 0 Å². The molecule has 1 heterocycles. The van der Waals surface area contributed by atoms with Gasteiger partial charge in [-0.1, -0.05) is 55.5 Å². The van der Waals surface area contributed by atoms with Crippen LogP contribution in [0.2, 0.25) is 0 Å². The molecular weight excluding hydrogens is 370 g/mol. The SMILES string of the molecule is CCc1ccccc1NC(=O)Cc1nc(C)c(C(=O)NCc2ccccc2)s1. The van der Waals surface area contributed by atoms with Gasteiger partial charge in [0, 0.05) is 12.2 Å². The van der Waals surface area contributed by atoms with E-state index < -0.39 is 0 Å². The Bertz CT molecular complexity index is 967. The molecule has 3 aromatic rings. The lowest BCUT2D eigenvalue weighted by Crippen LogP contribution is -2.22. The van der Waals surface area contributed by atoms with Crippen molar-refractivity contribution in [1.29, 1.82) is 0 Å². The summed E-state index contributed by atoms with van der Waals surface area (Å²) in [5.74, 6) is -0.298. The Morgan fingerprint density at radius 1 is 1.04 bits per heavy atom. The molecule has 0 saturated carbocycles. The van der Waals surface area contributed by atoms with Crippen LogP contribution in [0.3, 0.4) is 0 Å². The number of anilines is 1. The van der Waals surface area contributed by atoms with E-state index in [2.05, 4.69) is 22.5 Å². The number of aryl methyl sites for hydroxylation is 2. The molecule has 144 valence electrons. The quantitative estimate of drug-likeness (QED) is 0.634. The summed E-state index contributed by atoms with van der Waals surface area (Å²) in [7, 11) is 0. The first-order valence-electron chi connectivity index (χ1n) is 9.23. The van der Waals surface area contributed by atoms with E-state index in [1.807, 2.05) is 54.6 Å². The maximum atomic E-state index is 12.5. The first-order chi connectivity index (χ1) is 13.6. The van der Waals surface area contributed by atoms with Crippen LogP contribution in [0.15, 0.2) is 54.6 Å². The number of rotatable bonds is 7. The minimum Gasteiger partial charge on any atom is -0.347 e. The van der Waals surface area contributed by atoms with Gasteiger partial charge in [-0.25, -0.2) is 4.98 Å². The topological polar surface area (TPSA) is 71.1 Å². The van der Waals surface area contributed by atoms with Crippen molar-refractivity contribution in [2.24, 2.45) is 0 Å². The van der Waals surface area contributed by atoms with Crippen molar-refractivity contribution in [3.05, 3.63) is 81.3 Å². The van der Waals surface area contributed by atoms with E-state index in [0.29, 0.717) is 22.1 Å². The zero-order chi connectivity index (χ0) is 19.9. The number of carbonyl (C=O) groups is 2. The molecule has 1 aromatic heterocycles. The van der Waals surface area contributed by atoms with Crippen LogP contribution >= 0.6 is 11.3 Å². The van der Waals surface area contributed by atoms with Crippen LogP contribution in [0.25, 0.3) is 0 Å². The summed E-state index contributed by atoms with van der Waals surface area (Å²) in [6.07, 6.45) is 0.994. The van der Waals surface area contributed by atoms with Crippen LogP contribution in [-0.4, -0.2) is 16.8 Å². The van der Waals surface area contributed by atoms with Crippen LogP contribution in [-0.2, 0) is 24.2 Å². The second kappa shape index (κ2) is 9.28. The van der Waals surface area contributed by atoms with E-state index in [1.165, 1.54) is 11.3 Å². The molecule has 0 bridgehead atoms. The highest BCUT2D eigenvalue weighted by molar-refractivity contribution is 7.13. The summed E-state index contributed by atoms with van der Waals surface area (Å²) in [5.41, 5.74) is 3.59. The number of carbonyl (C=O) groups excluding carboxylic acids is 2. The van der Waals surface area contributed by atoms with Gasteiger partial charge >= 0.3 is 0 Å². The minimum atomic E-state index is -0.165.